The number of benzene rings is 1. The number of aromatic carboxylic acids is 1. The van der Waals surface area contributed by atoms with Gasteiger partial charge in [0.15, 0.2) is 0 Å². The van der Waals surface area contributed by atoms with Crippen LogP contribution in [0.3, 0.4) is 0 Å². The van der Waals surface area contributed by atoms with Crippen molar-refractivity contribution in [1.82, 2.24) is 0 Å². The van der Waals surface area contributed by atoms with Crippen molar-refractivity contribution in [3.63, 3.8) is 0 Å². The Labute approximate surface area is 91.1 Å². The van der Waals surface area contributed by atoms with Gasteiger partial charge in [-0.2, -0.15) is 12.6 Å². The minimum atomic E-state index is -1.30. The maximum atomic E-state index is 12.6. The summed E-state index contributed by atoms with van der Waals surface area (Å²) in [6, 6.07) is 1.78. The lowest BCUT2D eigenvalue weighted by Gasteiger charge is -2.02. The zero-order chi connectivity index (χ0) is 11.3. The summed E-state index contributed by atoms with van der Waals surface area (Å²) in [5.41, 5.74) is 4.83. The fraction of sp³-hybridized carbons (Fsp3) is 0.125. The van der Waals surface area contributed by atoms with Crippen LogP contribution in [0.25, 0.3) is 0 Å². The van der Waals surface area contributed by atoms with Gasteiger partial charge in [-0.05, 0) is 18.4 Å². The van der Waals surface area contributed by atoms with Crippen LogP contribution in [0.1, 0.15) is 10.4 Å². The largest absolute Gasteiger partial charge is 0.478 e. The molecule has 0 heterocycles. The molecule has 0 amide bonds. The summed E-state index contributed by atoms with van der Waals surface area (Å²) < 4.78 is 12.6. The van der Waals surface area contributed by atoms with Gasteiger partial charge in [0.05, 0.1) is 16.3 Å². The third kappa shape index (κ3) is 3.08. The molecule has 6 heteroatoms. The Kier molecular flexibility index (Phi) is 5.34. The minimum absolute atomic E-state index is 0.0904. The number of nitrogens with two attached hydrogens (primary N) is 1. The maximum Gasteiger partial charge on any atom is 0.337 e. The number of rotatable bonds is 1. The number of thiol groups is 1. The molecule has 78 valence electrons. The predicted octanol–water partition coefficient (Wildman–Crippen LogP) is 2.31. The Morgan fingerprint density at radius 1 is 1.57 bits per heavy atom. The summed E-state index contributed by atoms with van der Waals surface area (Å²) in [5, 5.41) is 8.42. The number of hydrogen-bond acceptors (Lipinski definition) is 3. The normalized spacial score (nSPS) is 8.86. The molecule has 0 aliphatic carbocycles. The van der Waals surface area contributed by atoms with E-state index in [0.29, 0.717) is 0 Å². The van der Waals surface area contributed by atoms with Crippen LogP contribution >= 0.6 is 24.2 Å². The van der Waals surface area contributed by atoms with Crippen LogP contribution in [0.15, 0.2) is 12.1 Å². The number of carbonyl (C=O) groups is 1. The first-order valence-electron chi connectivity index (χ1n) is 3.45. The molecule has 1 aromatic rings. The third-order valence-electron chi connectivity index (χ3n) is 1.32. The van der Waals surface area contributed by atoms with Gasteiger partial charge in [-0.3, -0.25) is 0 Å². The summed E-state index contributed by atoms with van der Waals surface area (Å²) in [7, 11) is 0. The zero-order valence-electron chi connectivity index (χ0n) is 7.29. The summed E-state index contributed by atoms with van der Waals surface area (Å²) in [4.78, 5) is 10.4. The zero-order valence-corrected chi connectivity index (χ0v) is 8.94. The van der Waals surface area contributed by atoms with E-state index >= 15 is 0 Å². The number of carboxylic acid groups (broad SMARTS) is 1. The van der Waals surface area contributed by atoms with E-state index in [-0.39, 0.29) is 16.3 Å². The number of hydrogen-bond donors (Lipinski definition) is 3. The molecule has 3 N–H and O–H groups in total. The Bertz CT molecular complexity index is 346. The van der Waals surface area contributed by atoms with Crippen molar-refractivity contribution in [3.05, 3.63) is 28.5 Å². The lowest BCUT2D eigenvalue weighted by Crippen LogP contribution is -2.03. The van der Waals surface area contributed by atoms with Crippen LogP contribution in [0.2, 0.25) is 5.02 Å². The number of anilines is 1. The molecular formula is C8H9ClFNO2S. The highest BCUT2D eigenvalue weighted by molar-refractivity contribution is 7.79. The third-order valence-corrected chi connectivity index (χ3v) is 1.64. The quantitative estimate of drug-likeness (QED) is 0.519. The molecule has 0 saturated carbocycles. The standard InChI is InChI=1S/C7H5ClFNO2.CH4S/c8-5-2-3(9)1-4(6(5)10)7(11)12;1-2/h1-2H,10H2,(H,11,12);2H,1H3. The summed E-state index contributed by atoms with van der Waals surface area (Å²) in [5.74, 6) is -2.01. The molecule has 0 spiro atoms. The second-order valence-electron chi connectivity index (χ2n) is 2.15. The molecule has 0 aromatic heterocycles. The van der Waals surface area contributed by atoms with Gasteiger partial charge < -0.3 is 10.8 Å². The van der Waals surface area contributed by atoms with Gasteiger partial charge >= 0.3 is 5.97 Å². The second-order valence-corrected chi connectivity index (χ2v) is 2.56. The van der Waals surface area contributed by atoms with E-state index in [2.05, 4.69) is 12.6 Å². The van der Waals surface area contributed by atoms with Gasteiger partial charge in [0.2, 0.25) is 0 Å². The van der Waals surface area contributed by atoms with Gasteiger partial charge in [-0.25, -0.2) is 9.18 Å². The van der Waals surface area contributed by atoms with Crippen molar-refractivity contribution < 1.29 is 14.3 Å². The second kappa shape index (κ2) is 5.72. The number of halogens is 2. The van der Waals surface area contributed by atoms with Gasteiger partial charge in [0.25, 0.3) is 0 Å². The average molecular weight is 238 g/mol. The lowest BCUT2D eigenvalue weighted by atomic mass is 10.2. The average Bonchev–Trinajstić information content (AvgIpc) is 2.14. The van der Waals surface area contributed by atoms with Crippen molar-refractivity contribution in [3.8, 4) is 0 Å². The van der Waals surface area contributed by atoms with Crippen LogP contribution in [-0.4, -0.2) is 17.3 Å². The van der Waals surface area contributed by atoms with E-state index in [0.717, 1.165) is 12.1 Å². The van der Waals surface area contributed by atoms with Crippen molar-refractivity contribution in [2.45, 2.75) is 0 Å². The van der Waals surface area contributed by atoms with E-state index in [1.54, 1.807) is 6.26 Å². The highest BCUT2D eigenvalue weighted by Gasteiger charge is 2.12. The molecule has 1 aromatic carbocycles. The monoisotopic (exact) mass is 237 g/mol. The van der Waals surface area contributed by atoms with E-state index < -0.39 is 11.8 Å². The van der Waals surface area contributed by atoms with Crippen molar-refractivity contribution in [2.24, 2.45) is 0 Å². The fourth-order valence-electron chi connectivity index (χ4n) is 0.762. The first-order valence-corrected chi connectivity index (χ1v) is 4.72. The van der Waals surface area contributed by atoms with Gasteiger partial charge in [0, 0.05) is 0 Å². The van der Waals surface area contributed by atoms with Crippen molar-refractivity contribution in [2.75, 3.05) is 12.0 Å². The Hall–Kier alpha value is -0.940. The first-order chi connectivity index (χ1) is 6.52. The predicted molar refractivity (Wildman–Crippen MR) is 57.7 cm³/mol. The molecule has 0 atom stereocenters. The molecule has 0 bridgehead atoms. The van der Waals surface area contributed by atoms with E-state index in [9.17, 15) is 9.18 Å². The maximum absolute atomic E-state index is 12.6. The van der Waals surface area contributed by atoms with Crippen molar-refractivity contribution >= 4 is 35.9 Å². The van der Waals surface area contributed by atoms with E-state index in [4.69, 9.17) is 22.4 Å². The number of carboxylic acids is 1. The smallest absolute Gasteiger partial charge is 0.337 e. The topological polar surface area (TPSA) is 63.3 Å². The molecular weight excluding hydrogens is 229 g/mol. The molecule has 0 radical (unpaired) electrons. The summed E-state index contributed by atoms with van der Waals surface area (Å²) in [6.45, 7) is 0. The summed E-state index contributed by atoms with van der Waals surface area (Å²) >= 11 is 8.96. The molecule has 1 rings (SSSR count). The van der Waals surface area contributed by atoms with Gasteiger partial charge in [-0.1, -0.05) is 11.6 Å². The SMILES string of the molecule is CS.Nc1c(Cl)cc(F)cc1C(=O)O. The van der Waals surface area contributed by atoms with Crippen LogP contribution in [0, 0.1) is 5.82 Å². The van der Waals surface area contributed by atoms with Crippen molar-refractivity contribution in [1.29, 1.82) is 0 Å². The van der Waals surface area contributed by atoms with Gasteiger partial charge in [-0.15, -0.1) is 0 Å². The Balaban J connectivity index is 0.000000791. The Morgan fingerprint density at radius 2 is 2.07 bits per heavy atom. The summed E-state index contributed by atoms with van der Waals surface area (Å²) in [6.07, 6.45) is 1.69. The van der Waals surface area contributed by atoms with Crippen LogP contribution in [-0.2, 0) is 0 Å². The van der Waals surface area contributed by atoms with E-state index in [1.165, 1.54) is 0 Å². The molecule has 14 heavy (non-hydrogen) atoms. The first kappa shape index (κ1) is 13.1. The molecule has 0 aliphatic rings. The Morgan fingerprint density at radius 3 is 2.50 bits per heavy atom. The van der Waals surface area contributed by atoms with Gasteiger partial charge in [0.1, 0.15) is 5.82 Å². The lowest BCUT2D eigenvalue weighted by molar-refractivity contribution is 0.0697. The molecule has 0 fully saturated rings. The van der Waals surface area contributed by atoms with E-state index in [1.807, 2.05) is 0 Å². The fourth-order valence-corrected chi connectivity index (χ4v) is 0.968. The molecule has 0 unspecified atom stereocenters. The highest BCUT2D eigenvalue weighted by Crippen LogP contribution is 2.24. The minimum Gasteiger partial charge on any atom is -0.478 e. The van der Waals surface area contributed by atoms with Crippen LogP contribution in [0.5, 0.6) is 0 Å². The van der Waals surface area contributed by atoms with Crippen LogP contribution < -0.4 is 5.73 Å². The molecule has 0 saturated heterocycles. The molecule has 3 nitrogen and oxygen atoms in total. The molecule has 0 aliphatic heterocycles. The number of nitrogen functional groups attached to an aromatic ring is 1. The highest BCUT2D eigenvalue weighted by atomic mass is 35.5. The van der Waals surface area contributed by atoms with Crippen LogP contribution in [0.4, 0.5) is 10.1 Å².